The number of carbonyl (C=O) groups is 4. The van der Waals surface area contributed by atoms with Crippen LogP contribution in [0.25, 0.3) is 10.9 Å². The molecule has 39 heavy (non-hydrogen) atoms. The van der Waals surface area contributed by atoms with Gasteiger partial charge in [-0.2, -0.15) is 0 Å². The molecule has 1 aromatic heterocycles. The number of aromatic amines is 1. The van der Waals surface area contributed by atoms with E-state index in [1.54, 1.807) is 40.0 Å². The Bertz CT molecular complexity index is 1330. The Morgan fingerprint density at radius 3 is 2.38 bits per heavy atom. The van der Waals surface area contributed by atoms with Gasteiger partial charge in [0.15, 0.2) is 0 Å². The van der Waals surface area contributed by atoms with Crippen molar-refractivity contribution < 1.29 is 33.4 Å². The average molecular weight is 539 g/mol. The van der Waals surface area contributed by atoms with E-state index in [-0.39, 0.29) is 25.3 Å². The lowest BCUT2D eigenvalue weighted by atomic mass is 10.1. The Labute approximate surface area is 226 Å². The first-order valence-electron chi connectivity index (χ1n) is 12.6. The highest BCUT2D eigenvalue weighted by molar-refractivity contribution is 6.05. The Morgan fingerprint density at radius 2 is 1.74 bits per heavy atom. The third kappa shape index (κ3) is 8.77. The first kappa shape index (κ1) is 29.0. The van der Waals surface area contributed by atoms with Crippen LogP contribution in [-0.2, 0) is 14.3 Å². The molecule has 2 amide bonds. The Balaban J connectivity index is 1.69. The van der Waals surface area contributed by atoms with Gasteiger partial charge in [0.05, 0.1) is 17.7 Å². The van der Waals surface area contributed by atoms with Crippen LogP contribution in [0.15, 0.2) is 48.7 Å². The van der Waals surface area contributed by atoms with Gasteiger partial charge < -0.3 is 35.6 Å². The average Bonchev–Trinajstić information content (AvgIpc) is 3.28. The molecular weight excluding hydrogens is 504 g/mol. The van der Waals surface area contributed by atoms with Crippen molar-refractivity contribution in [2.45, 2.75) is 52.2 Å². The highest BCUT2D eigenvalue weighted by Crippen LogP contribution is 2.24. The third-order valence-corrected chi connectivity index (χ3v) is 5.49. The molecule has 208 valence electrons. The van der Waals surface area contributed by atoms with Crippen molar-refractivity contribution >= 4 is 40.5 Å². The zero-order chi connectivity index (χ0) is 28.6. The number of ether oxygens (including phenoxy) is 3. The number of rotatable bonds is 11. The monoisotopic (exact) mass is 538 g/mol. The van der Waals surface area contributed by atoms with Gasteiger partial charge in [-0.3, -0.25) is 4.79 Å². The number of esters is 2. The van der Waals surface area contributed by atoms with Gasteiger partial charge in [-0.1, -0.05) is 0 Å². The number of fused-ring (bicyclic) bond motifs is 1. The van der Waals surface area contributed by atoms with Crippen molar-refractivity contribution in [3.8, 4) is 5.75 Å². The van der Waals surface area contributed by atoms with Crippen molar-refractivity contribution in [3.63, 3.8) is 0 Å². The van der Waals surface area contributed by atoms with Gasteiger partial charge in [-0.15, -0.1) is 0 Å². The van der Waals surface area contributed by atoms with E-state index >= 15 is 0 Å². The Hall–Kier alpha value is -4.54. The highest BCUT2D eigenvalue weighted by atomic mass is 16.6. The van der Waals surface area contributed by atoms with Crippen LogP contribution in [-0.4, -0.2) is 53.7 Å². The van der Waals surface area contributed by atoms with Crippen LogP contribution in [0.1, 0.15) is 61.3 Å². The lowest BCUT2D eigenvalue weighted by Crippen LogP contribution is -2.43. The lowest BCUT2D eigenvalue weighted by molar-refractivity contribution is -0.118. The first-order valence-corrected chi connectivity index (χ1v) is 12.6. The van der Waals surface area contributed by atoms with Crippen molar-refractivity contribution in [1.29, 1.82) is 0 Å². The van der Waals surface area contributed by atoms with Gasteiger partial charge in [0, 0.05) is 41.8 Å². The molecule has 0 saturated heterocycles. The second-order valence-electron chi connectivity index (χ2n) is 9.83. The number of hydrogen-bond acceptors (Lipinski definition) is 8. The van der Waals surface area contributed by atoms with E-state index in [0.717, 1.165) is 5.52 Å². The number of carbonyl (C=O) groups excluding carboxylic acids is 4. The molecule has 0 bridgehead atoms. The normalized spacial score (nSPS) is 11.9. The Morgan fingerprint density at radius 1 is 1.03 bits per heavy atom. The summed E-state index contributed by atoms with van der Waals surface area (Å²) in [6.07, 6.45) is 1.37. The van der Waals surface area contributed by atoms with Crippen molar-refractivity contribution in [3.05, 3.63) is 59.8 Å². The molecule has 1 atom stereocenters. The fraction of sp³-hybridized carbons (Fsp3) is 0.357. The molecule has 0 saturated carbocycles. The summed E-state index contributed by atoms with van der Waals surface area (Å²) in [5, 5.41) is 6.62. The van der Waals surface area contributed by atoms with Gasteiger partial charge in [-0.25, -0.2) is 14.4 Å². The van der Waals surface area contributed by atoms with Crippen LogP contribution >= 0.6 is 0 Å². The molecule has 0 spiro atoms. The van der Waals surface area contributed by atoms with Crippen molar-refractivity contribution in [2.24, 2.45) is 5.73 Å². The minimum Gasteiger partial charge on any atom is -0.462 e. The van der Waals surface area contributed by atoms with Crippen LogP contribution in [0.3, 0.4) is 0 Å². The summed E-state index contributed by atoms with van der Waals surface area (Å²) < 4.78 is 15.8. The summed E-state index contributed by atoms with van der Waals surface area (Å²) in [4.78, 5) is 51.4. The molecule has 0 unspecified atom stereocenters. The third-order valence-electron chi connectivity index (χ3n) is 5.49. The fourth-order valence-corrected chi connectivity index (χ4v) is 3.69. The van der Waals surface area contributed by atoms with E-state index in [0.29, 0.717) is 28.6 Å². The molecule has 0 aliphatic carbocycles. The van der Waals surface area contributed by atoms with Gasteiger partial charge in [0.2, 0.25) is 5.91 Å². The van der Waals surface area contributed by atoms with E-state index in [4.69, 9.17) is 19.9 Å². The number of anilines is 1. The number of nitrogens with one attached hydrogen (secondary N) is 3. The lowest BCUT2D eigenvalue weighted by Gasteiger charge is -2.24. The first-order chi connectivity index (χ1) is 18.4. The van der Waals surface area contributed by atoms with E-state index in [1.807, 2.05) is 12.1 Å². The minimum atomic E-state index is -0.668. The van der Waals surface area contributed by atoms with Crippen molar-refractivity contribution in [1.82, 2.24) is 10.3 Å². The van der Waals surface area contributed by atoms with Gasteiger partial charge >= 0.3 is 18.0 Å². The number of hydrogen-bond donors (Lipinski definition) is 4. The van der Waals surface area contributed by atoms with Crippen LogP contribution in [0.2, 0.25) is 0 Å². The summed E-state index contributed by atoms with van der Waals surface area (Å²) in [5.74, 6) is -1.22. The highest BCUT2D eigenvalue weighted by Gasteiger charge is 2.20. The maximum absolute atomic E-state index is 12.9. The summed E-state index contributed by atoms with van der Waals surface area (Å²) in [5.41, 5.74) is 6.71. The largest absolute Gasteiger partial charge is 0.462 e. The van der Waals surface area contributed by atoms with Gasteiger partial charge in [0.25, 0.3) is 0 Å². The second kappa shape index (κ2) is 12.8. The molecule has 0 radical (unpaired) electrons. The number of benzene rings is 2. The summed E-state index contributed by atoms with van der Waals surface area (Å²) in [7, 11) is 0. The van der Waals surface area contributed by atoms with Crippen LogP contribution in [0, 0.1) is 0 Å². The second-order valence-corrected chi connectivity index (χ2v) is 9.83. The number of nitrogens with two attached hydrogens (primary N) is 1. The number of amides is 2. The van der Waals surface area contributed by atoms with E-state index in [1.165, 1.54) is 24.3 Å². The van der Waals surface area contributed by atoms with E-state index in [2.05, 4.69) is 15.6 Å². The van der Waals surface area contributed by atoms with E-state index in [9.17, 15) is 19.2 Å². The maximum Gasteiger partial charge on any atom is 0.407 e. The van der Waals surface area contributed by atoms with E-state index < -0.39 is 35.6 Å². The smallest absolute Gasteiger partial charge is 0.407 e. The molecule has 1 heterocycles. The number of primary amides is 1. The zero-order valence-electron chi connectivity index (χ0n) is 22.5. The quantitative estimate of drug-likeness (QED) is 0.209. The molecule has 5 N–H and O–H groups in total. The summed E-state index contributed by atoms with van der Waals surface area (Å²) in [6, 6.07) is 11.1. The standard InChI is InChI=1S/C28H34N4O7/c1-5-37-25(34)17-6-10-20(11-7-17)38-26(35)22-16-31-23-12-8-18(14-21(22)23)30-15-19(9-13-24(29)33)32-27(36)39-28(2,3)4/h6-8,10-12,14,16,19,30-31H,5,9,13,15H2,1-4H3,(H2,29,33)(H,32,36)/t19-/m0/s1. The van der Waals surface area contributed by atoms with Gasteiger partial charge in [-0.05, 0) is 76.6 Å². The molecule has 11 nitrogen and oxygen atoms in total. The molecule has 0 aliphatic rings. The fourth-order valence-electron chi connectivity index (χ4n) is 3.69. The zero-order valence-corrected chi connectivity index (χ0v) is 22.5. The van der Waals surface area contributed by atoms with Crippen LogP contribution < -0.4 is 21.1 Å². The Kier molecular flexibility index (Phi) is 9.53. The SMILES string of the molecule is CCOC(=O)c1ccc(OC(=O)c2c[nH]c3ccc(NC[C@H](CCC(N)=O)NC(=O)OC(C)(C)C)cc23)cc1. The molecule has 3 rings (SSSR count). The molecular formula is C28H34N4O7. The molecule has 0 fully saturated rings. The molecule has 0 aliphatic heterocycles. The van der Waals surface area contributed by atoms with Crippen LogP contribution in [0.4, 0.5) is 10.5 Å². The predicted molar refractivity (Wildman–Crippen MR) is 146 cm³/mol. The van der Waals surface area contributed by atoms with Gasteiger partial charge in [0.1, 0.15) is 11.4 Å². The number of aromatic nitrogens is 1. The summed E-state index contributed by atoms with van der Waals surface area (Å²) in [6.45, 7) is 7.55. The summed E-state index contributed by atoms with van der Waals surface area (Å²) >= 11 is 0. The van der Waals surface area contributed by atoms with Crippen LogP contribution in [0.5, 0.6) is 5.75 Å². The number of H-pyrrole nitrogens is 1. The predicted octanol–water partition coefficient (Wildman–Crippen LogP) is 4.13. The topological polar surface area (TPSA) is 162 Å². The maximum atomic E-state index is 12.9. The van der Waals surface area contributed by atoms with Crippen molar-refractivity contribution in [2.75, 3.05) is 18.5 Å². The molecule has 11 heteroatoms. The molecule has 3 aromatic rings. The number of alkyl carbamates (subject to hydrolysis) is 1. The minimum absolute atomic E-state index is 0.0930. The molecule has 2 aromatic carbocycles.